The van der Waals surface area contributed by atoms with Crippen molar-refractivity contribution in [2.75, 3.05) is 18.8 Å². The summed E-state index contributed by atoms with van der Waals surface area (Å²) in [5.41, 5.74) is 8.42. The first-order chi connectivity index (χ1) is 11.6. The molecule has 0 radical (unpaired) electrons. The van der Waals surface area contributed by atoms with Crippen molar-refractivity contribution in [3.63, 3.8) is 0 Å². The molecule has 3 aromatic heterocycles. The van der Waals surface area contributed by atoms with Crippen LogP contribution in [0.3, 0.4) is 0 Å². The molecule has 0 aromatic carbocycles. The number of nitrogens with one attached hydrogen (secondary N) is 1. The van der Waals surface area contributed by atoms with E-state index < -0.39 is 5.95 Å². The number of hydrogen-bond acceptors (Lipinski definition) is 5. The summed E-state index contributed by atoms with van der Waals surface area (Å²) >= 11 is 3.52. The predicted molar refractivity (Wildman–Crippen MR) is 92.1 cm³/mol. The Morgan fingerprint density at radius 3 is 2.96 bits per heavy atom. The monoisotopic (exact) mass is 393 g/mol. The number of rotatable bonds is 2. The molecule has 0 spiro atoms. The lowest BCUT2D eigenvalue weighted by Gasteiger charge is -2.23. The number of aromatic nitrogens is 5. The van der Waals surface area contributed by atoms with E-state index in [-0.39, 0.29) is 5.92 Å². The maximum atomic E-state index is 14.5. The van der Waals surface area contributed by atoms with Crippen LogP contribution in [0.4, 0.5) is 10.2 Å². The van der Waals surface area contributed by atoms with Crippen molar-refractivity contribution in [2.45, 2.75) is 18.8 Å². The minimum absolute atomic E-state index is 0.236. The molecule has 1 atom stereocenters. The smallest absolute Gasteiger partial charge is 0.243 e. The van der Waals surface area contributed by atoms with Crippen LogP contribution in [0.15, 0.2) is 16.9 Å². The molecular formula is C15H17BrFN7. The number of fused-ring (bicyclic) bond motifs is 1. The van der Waals surface area contributed by atoms with Crippen molar-refractivity contribution in [2.24, 2.45) is 7.05 Å². The van der Waals surface area contributed by atoms with Crippen molar-refractivity contribution in [1.82, 2.24) is 29.7 Å². The predicted octanol–water partition coefficient (Wildman–Crippen LogP) is 2.08. The molecule has 0 amide bonds. The third-order valence-electron chi connectivity index (χ3n) is 4.40. The van der Waals surface area contributed by atoms with Crippen LogP contribution in [0.25, 0.3) is 16.8 Å². The van der Waals surface area contributed by atoms with E-state index in [0.29, 0.717) is 27.1 Å². The van der Waals surface area contributed by atoms with Crippen LogP contribution < -0.4 is 11.1 Å². The Labute approximate surface area is 146 Å². The van der Waals surface area contributed by atoms with Gasteiger partial charge in [0.15, 0.2) is 5.65 Å². The van der Waals surface area contributed by atoms with E-state index in [1.54, 1.807) is 24.1 Å². The van der Waals surface area contributed by atoms with Gasteiger partial charge in [0.1, 0.15) is 5.82 Å². The van der Waals surface area contributed by atoms with Gasteiger partial charge in [0, 0.05) is 31.3 Å². The van der Waals surface area contributed by atoms with E-state index in [2.05, 4.69) is 31.4 Å². The van der Waals surface area contributed by atoms with Crippen LogP contribution in [-0.2, 0) is 7.05 Å². The maximum absolute atomic E-state index is 14.5. The summed E-state index contributed by atoms with van der Waals surface area (Å²) in [6, 6.07) is 0. The van der Waals surface area contributed by atoms with Gasteiger partial charge in [-0.05, 0) is 35.3 Å². The lowest BCUT2D eigenvalue weighted by Crippen LogP contribution is -2.29. The van der Waals surface area contributed by atoms with Crippen LogP contribution in [-0.4, -0.2) is 37.5 Å². The molecule has 4 rings (SSSR count). The van der Waals surface area contributed by atoms with Crippen LogP contribution in [0.5, 0.6) is 0 Å². The number of piperidine rings is 1. The second-order valence-electron chi connectivity index (χ2n) is 6.04. The highest BCUT2D eigenvalue weighted by atomic mass is 79.9. The maximum Gasteiger partial charge on any atom is 0.243 e. The number of nitrogens with two attached hydrogens (primary N) is 1. The molecule has 0 saturated carbocycles. The van der Waals surface area contributed by atoms with Gasteiger partial charge in [-0.25, -0.2) is 4.98 Å². The fourth-order valence-corrected chi connectivity index (χ4v) is 3.78. The normalized spacial score (nSPS) is 18.4. The zero-order valence-corrected chi connectivity index (χ0v) is 14.7. The first-order valence-electron chi connectivity index (χ1n) is 7.79. The van der Waals surface area contributed by atoms with Crippen molar-refractivity contribution in [1.29, 1.82) is 0 Å². The van der Waals surface area contributed by atoms with Crippen molar-refractivity contribution in [3.05, 3.63) is 28.5 Å². The Morgan fingerprint density at radius 2 is 2.29 bits per heavy atom. The number of nitrogen functional groups attached to an aromatic ring is 1. The zero-order chi connectivity index (χ0) is 16.8. The molecule has 1 aliphatic heterocycles. The second kappa shape index (κ2) is 5.82. The van der Waals surface area contributed by atoms with E-state index in [1.165, 1.54) is 4.52 Å². The molecule has 0 unspecified atom stereocenters. The zero-order valence-electron chi connectivity index (χ0n) is 13.1. The molecule has 3 N–H and O–H groups in total. The summed E-state index contributed by atoms with van der Waals surface area (Å²) in [6.07, 6.45) is 5.43. The molecule has 4 heterocycles. The topological polar surface area (TPSA) is 86.1 Å². The Morgan fingerprint density at radius 1 is 1.46 bits per heavy atom. The Kier molecular flexibility index (Phi) is 3.76. The molecule has 1 saturated heterocycles. The summed E-state index contributed by atoms with van der Waals surface area (Å²) in [7, 11) is 1.78. The Bertz CT molecular complexity index is 910. The first-order valence-corrected chi connectivity index (χ1v) is 8.58. The summed E-state index contributed by atoms with van der Waals surface area (Å²) in [6.45, 7) is 1.84. The third-order valence-corrected chi connectivity index (χ3v) is 5.21. The fourth-order valence-electron chi connectivity index (χ4n) is 3.20. The molecule has 126 valence electrons. The first kappa shape index (κ1) is 15.5. The van der Waals surface area contributed by atoms with Gasteiger partial charge in [-0.15, -0.1) is 5.10 Å². The SMILES string of the molecule is Cn1cc(-c2c(F)nn3c(N)c(Br)c([C@@H]4CCCNC4)nc23)cn1. The van der Waals surface area contributed by atoms with Crippen molar-refractivity contribution in [3.8, 4) is 11.1 Å². The quantitative estimate of drug-likeness (QED) is 0.695. The molecule has 1 aliphatic rings. The molecule has 1 fully saturated rings. The van der Waals surface area contributed by atoms with Gasteiger partial charge >= 0.3 is 0 Å². The lowest BCUT2D eigenvalue weighted by atomic mass is 9.96. The molecule has 0 bridgehead atoms. The number of nitrogens with zero attached hydrogens (tertiary/aromatic N) is 5. The molecule has 24 heavy (non-hydrogen) atoms. The van der Waals surface area contributed by atoms with Gasteiger partial charge in [0.05, 0.1) is 21.9 Å². The number of aryl methyl sites for hydroxylation is 1. The summed E-state index contributed by atoms with van der Waals surface area (Å²) < 4.78 is 18.1. The van der Waals surface area contributed by atoms with Crippen LogP contribution in [0.2, 0.25) is 0 Å². The number of anilines is 1. The van der Waals surface area contributed by atoms with E-state index in [9.17, 15) is 4.39 Å². The van der Waals surface area contributed by atoms with E-state index in [1.807, 2.05) is 0 Å². The fraction of sp³-hybridized carbons (Fsp3) is 0.400. The van der Waals surface area contributed by atoms with Gasteiger partial charge in [0.2, 0.25) is 5.95 Å². The van der Waals surface area contributed by atoms with Crippen molar-refractivity contribution >= 4 is 27.4 Å². The van der Waals surface area contributed by atoms with Gasteiger partial charge in [-0.3, -0.25) is 4.68 Å². The lowest BCUT2D eigenvalue weighted by molar-refractivity contribution is 0.453. The molecule has 3 aromatic rings. The highest BCUT2D eigenvalue weighted by molar-refractivity contribution is 9.10. The van der Waals surface area contributed by atoms with Crippen LogP contribution in [0.1, 0.15) is 24.5 Å². The van der Waals surface area contributed by atoms with Gasteiger partial charge in [-0.2, -0.15) is 14.0 Å². The number of halogens is 2. The highest BCUT2D eigenvalue weighted by Gasteiger charge is 2.26. The highest BCUT2D eigenvalue weighted by Crippen LogP contribution is 2.35. The van der Waals surface area contributed by atoms with Crippen LogP contribution in [0, 0.1) is 5.95 Å². The third kappa shape index (κ3) is 2.39. The summed E-state index contributed by atoms with van der Waals surface area (Å²) in [4.78, 5) is 4.72. The van der Waals surface area contributed by atoms with Gasteiger partial charge in [0.25, 0.3) is 0 Å². The molecule has 7 nitrogen and oxygen atoms in total. The standard InChI is InChI=1S/C15H17BrFN7/c1-23-7-9(6-20-23)10-13(17)22-24-14(18)11(16)12(21-15(10)24)8-3-2-4-19-5-8/h6-8,19H,2-5,18H2,1H3/t8-/m1/s1. The average molecular weight is 394 g/mol. The van der Waals surface area contributed by atoms with Crippen LogP contribution >= 0.6 is 15.9 Å². The van der Waals surface area contributed by atoms with Crippen molar-refractivity contribution < 1.29 is 4.39 Å². The molecule has 0 aliphatic carbocycles. The second-order valence-corrected chi connectivity index (χ2v) is 6.84. The van der Waals surface area contributed by atoms with E-state index in [0.717, 1.165) is 31.6 Å². The summed E-state index contributed by atoms with van der Waals surface area (Å²) in [5.74, 6) is -0.0113. The van der Waals surface area contributed by atoms with E-state index in [4.69, 9.17) is 10.7 Å². The van der Waals surface area contributed by atoms with Gasteiger partial charge < -0.3 is 11.1 Å². The Balaban J connectivity index is 1.94. The minimum Gasteiger partial charge on any atom is -0.383 e. The van der Waals surface area contributed by atoms with Gasteiger partial charge in [-0.1, -0.05) is 0 Å². The number of hydrogen-bond donors (Lipinski definition) is 2. The minimum atomic E-state index is -0.604. The summed E-state index contributed by atoms with van der Waals surface area (Å²) in [5, 5.41) is 11.4. The Hall–Kier alpha value is -2.00. The van der Waals surface area contributed by atoms with E-state index >= 15 is 0 Å². The average Bonchev–Trinajstić information content (AvgIpc) is 3.14. The molecular weight excluding hydrogens is 377 g/mol. The largest absolute Gasteiger partial charge is 0.383 e. The molecule has 9 heteroatoms.